The lowest BCUT2D eigenvalue weighted by molar-refractivity contribution is -0.398. The molecule has 6 aliphatic rings. The molecular formula is C86H156N4O33. The Balaban J connectivity index is 1.11. The second-order valence-corrected chi connectivity index (χ2v) is 34.2. The van der Waals surface area contributed by atoms with E-state index in [9.17, 15) is 106 Å². The Labute approximate surface area is 725 Å². The van der Waals surface area contributed by atoms with Gasteiger partial charge in [0.15, 0.2) is 37.7 Å². The summed E-state index contributed by atoms with van der Waals surface area (Å²) in [6.45, 7) is 0.904. The normalized spacial score (nSPS) is 34.9. The first-order valence-electron chi connectivity index (χ1n) is 46.0. The van der Waals surface area contributed by atoms with Crippen molar-refractivity contribution in [3.05, 3.63) is 12.2 Å². The van der Waals surface area contributed by atoms with Crippen LogP contribution in [0.25, 0.3) is 0 Å². The van der Waals surface area contributed by atoms with Crippen LogP contribution in [-0.4, -0.2) is 353 Å². The van der Waals surface area contributed by atoms with Crippen LogP contribution in [-0.2, 0) is 76.0 Å². The molecule has 6 rings (SSSR count). The zero-order valence-corrected chi connectivity index (χ0v) is 73.2. The van der Waals surface area contributed by atoms with Crippen LogP contribution in [0.4, 0.5) is 0 Å². The maximum Gasteiger partial charge on any atom is 0.220 e. The van der Waals surface area contributed by atoms with Crippen molar-refractivity contribution in [1.29, 1.82) is 0 Å². The van der Waals surface area contributed by atoms with Gasteiger partial charge in [-0.1, -0.05) is 231 Å². The molecule has 6 heterocycles. The van der Waals surface area contributed by atoms with Gasteiger partial charge in [-0.3, -0.25) is 19.2 Å². The Kier molecular flexibility index (Phi) is 52.5. The van der Waals surface area contributed by atoms with Crippen molar-refractivity contribution in [3.8, 4) is 0 Å². The van der Waals surface area contributed by atoms with Crippen LogP contribution in [0.15, 0.2) is 12.2 Å². The minimum Gasteiger partial charge on any atom is -0.394 e. The third-order valence-corrected chi connectivity index (χ3v) is 24.1. The number of allylic oxidation sites excluding steroid dienone is 1. The number of nitrogens with one attached hydrogen (secondary N) is 4. The van der Waals surface area contributed by atoms with E-state index in [1.807, 2.05) is 6.08 Å². The molecule has 123 heavy (non-hydrogen) atoms. The maximum absolute atomic E-state index is 13.6. The van der Waals surface area contributed by atoms with E-state index in [1.54, 1.807) is 6.08 Å². The van der Waals surface area contributed by atoms with Crippen LogP contribution < -0.4 is 21.3 Å². The molecule has 6 saturated heterocycles. The third kappa shape index (κ3) is 35.3. The van der Waals surface area contributed by atoms with E-state index >= 15 is 0 Å². The summed E-state index contributed by atoms with van der Waals surface area (Å²) in [5, 5.41) is 202. The highest BCUT2D eigenvalue weighted by atomic mass is 16.8. The van der Waals surface area contributed by atoms with Crippen molar-refractivity contribution in [2.75, 3.05) is 46.2 Å². The van der Waals surface area contributed by atoms with E-state index in [-0.39, 0.29) is 12.3 Å². The number of rotatable bonds is 61. The highest BCUT2D eigenvalue weighted by Gasteiger charge is 2.59. The van der Waals surface area contributed by atoms with E-state index < -0.39 is 260 Å². The van der Waals surface area contributed by atoms with Gasteiger partial charge in [0, 0.05) is 27.2 Å². The molecule has 0 aromatic heterocycles. The minimum atomic E-state index is -2.40. The van der Waals surface area contributed by atoms with Crippen LogP contribution in [0.3, 0.4) is 0 Å². The summed E-state index contributed by atoms with van der Waals surface area (Å²) in [4.78, 5) is 52.0. The van der Waals surface area contributed by atoms with Crippen LogP contribution in [0.5, 0.6) is 0 Å². The molecule has 0 aromatic rings. The highest BCUT2D eigenvalue weighted by molar-refractivity contribution is 5.76. The smallest absolute Gasteiger partial charge is 0.220 e. The highest BCUT2D eigenvalue weighted by Crippen LogP contribution is 2.39. The molecule has 37 heteroatoms. The molecule has 718 valence electrons. The van der Waals surface area contributed by atoms with Crippen molar-refractivity contribution >= 4 is 23.6 Å². The van der Waals surface area contributed by atoms with E-state index in [4.69, 9.17) is 56.8 Å². The first-order valence-corrected chi connectivity index (χ1v) is 46.0. The molecule has 0 aromatic carbocycles. The average molecular weight is 1770 g/mol. The molecule has 0 aliphatic carbocycles. The van der Waals surface area contributed by atoms with Crippen LogP contribution in [0.1, 0.15) is 266 Å². The topological polar surface area (TPSA) is 571 Å². The van der Waals surface area contributed by atoms with Crippen molar-refractivity contribution < 1.29 is 163 Å². The molecule has 37 nitrogen and oxygen atoms in total. The lowest BCUT2D eigenvalue weighted by Gasteiger charge is -2.52. The monoisotopic (exact) mass is 1770 g/mol. The lowest BCUT2D eigenvalue weighted by Crippen LogP contribution is -2.72. The zero-order chi connectivity index (χ0) is 89.9. The number of hydrogen-bond acceptors (Lipinski definition) is 33. The second kappa shape index (κ2) is 59.7. The number of amides is 4. The summed E-state index contributed by atoms with van der Waals surface area (Å²) < 4.78 is 72.9. The van der Waals surface area contributed by atoms with E-state index in [0.29, 0.717) is 12.8 Å². The van der Waals surface area contributed by atoms with Crippen molar-refractivity contribution in [2.45, 2.75) is 462 Å². The van der Waals surface area contributed by atoms with Gasteiger partial charge in [0.25, 0.3) is 0 Å². The van der Waals surface area contributed by atoms with Crippen molar-refractivity contribution in [3.63, 3.8) is 0 Å². The van der Waals surface area contributed by atoms with Gasteiger partial charge in [0.05, 0.1) is 58.4 Å². The molecule has 4 amide bonds. The van der Waals surface area contributed by atoms with E-state index in [1.165, 1.54) is 161 Å². The summed E-state index contributed by atoms with van der Waals surface area (Å²) >= 11 is 0. The predicted octanol–water partition coefficient (Wildman–Crippen LogP) is 0.841. The number of ether oxygens (including phenoxy) is 12. The van der Waals surface area contributed by atoms with Gasteiger partial charge in [-0.05, 0) is 19.3 Å². The number of carbonyl (C=O) groups is 4. The Hall–Kier alpha value is -3.54. The summed E-state index contributed by atoms with van der Waals surface area (Å²) in [6.07, 6.45) is -8.77. The second-order valence-electron chi connectivity index (χ2n) is 34.2. The van der Waals surface area contributed by atoms with Gasteiger partial charge in [-0.15, -0.1) is 0 Å². The van der Waals surface area contributed by atoms with Crippen LogP contribution >= 0.6 is 0 Å². The summed E-state index contributed by atoms with van der Waals surface area (Å²) in [5.74, 6) is -2.85. The van der Waals surface area contributed by atoms with Crippen molar-refractivity contribution in [1.82, 2.24) is 21.3 Å². The van der Waals surface area contributed by atoms with Gasteiger partial charge in [0.1, 0.15) is 146 Å². The first-order chi connectivity index (χ1) is 59.2. The van der Waals surface area contributed by atoms with Crippen LogP contribution in [0.2, 0.25) is 0 Å². The van der Waals surface area contributed by atoms with E-state index in [2.05, 4.69) is 35.1 Å². The Morgan fingerprint density at radius 1 is 0.317 bits per heavy atom. The Morgan fingerprint density at radius 3 is 1.01 bits per heavy atom. The maximum atomic E-state index is 13.6. The van der Waals surface area contributed by atoms with E-state index in [0.717, 1.165) is 72.1 Å². The molecule has 6 aliphatic heterocycles. The molecule has 0 saturated carbocycles. The van der Waals surface area contributed by atoms with Crippen molar-refractivity contribution in [2.24, 2.45) is 0 Å². The summed E-state index contributed by atoms with van der Waals surface area (Å²) in [5.41, 5.74) is 0. The van der Waals surface area contributed by atoms with Gasteiger partial charge >= 0.3 is 0 Å². The standard InChI is InChI=1S/C86H156N4O33/c1-6-8-10-12-14-16-18-20-21-22-23-24-25-26-27-28-29-31-33-35-37-39-41-43-62(101)90-54(55(100)42-40-38-36-34-32-30-19-17-15-13-11-9-7-2)50-112-84-73(109)71(107)76(59(47-94)116-84)119-85-74(110)72(108)77(60(48-95)117-85)120-86-75(111)80(78(61(49-96)118-86)121-81-63(87-51(3)97)69(105)66(102)56(44-91)113-81)123-83-65(89-53(5)99)79(68(104)58(46-93)115-83)122-82-64(88-52(4)98)70(106)67(103)57(45-92)114-82/h40,42,54-61,63-86,91-96,100,102-111H,6-39,41,43-50H2,1-5H3,(H,87,97)(H,88,98)(H,89,99)(H,90,101)/b42-40+/t54-,55+,56?,57?,58?,59?,60?,61?,63?,64?,65?,66-,67-,68-,69+,70+,71+,72+,73?,74?,75?,76+,77-,78-,79+,80+,81-,82+,83-,84+,85-,86-/m0/s1. The number of carbonyl (C=O) groups excluding carboxylic acids is 4. The van der Waals surface area contributed by atoms with Gasteiger partial charge in [-0.25, -0.2) is 0 Å². The molecule has 0 radical (unpaired) electrons. The molecule has 0 bridgehead atoms. The molecular weight excluding hydrogens is 1620 g/mol. The number of aliphatic hydroxyl groups excluding tert-OH is 17. The number of hydrogen-bond donors (Lipinski definition) is 21. The molecule has 12 unspecified atom stereocenters. The fourth-order valence-electron chi connectivity index (χ4n) is 16.9. The van der Waals surface area contributed by atoms with Gasteiger partial charge < -0.3 is 165 Å². The largest absolute Gasteiger partial charge is 0.394 e. The molecule has 6 fully saturated rings. The van der Waals surface area contributed by atoms with Crippen LogP contribution in [0, 0.1) is 0 Å². The third-order valence-electron chi connectivity index (χ3n) is 24.1. The quantitative estimate of drug-likeness (QED) is 0.0296. The SMILES string of the molecule is CCCCCCCCCCCCC/C=C/[C@@H](O)[C@H](CO[C@@H]1OC(CO)[C@@H](O[C@@H]2OC(CO)[C@H](O[C@@H]3OC(CO)[C@H](O[C@@H]4OC(CO)[C@H](O)[C@H](O)C4NC(C)=O)[C@H](O[C@@H]4OC(CO)[C@H](O)[C@H](O[C@H]5OC(CO)[C@H](O)[C@H](O)C5NC(C)=O)C4NC(C)=O)C3O)[C@H](O)C2O)[C@H](O)C1O)NC(=O)CCCCCCCCCCCCCCCCCCCCCCCCC. The fraction of sp³-hybridized carbons (Fsp3) is 0.930. The Morgan fingerprint density at radius 2 is 0.618 bits per heavy atom. The number of unbranched alkanes of at least 4 members (excludes halogenated alkanes) is 33. The first kappa shape index (κ1) is 108. The molecule has 0 spiro atoms. The summed E-state index contributed by atoms with van der Waals surface area (Å²) in [7, 11) is 0. The lowest BCUT2D eigenvalue weighted by atomic mass is 9.93. The van der Waals surface area contributed by atoms with Gasteiger partial charge in [0.2, 0.25) is 23.6 Å². The molecule has 21 N–H and O–H groups in total. The molecule has 32 atom stereocenters. The summed E-state index contributed by atoms with van der Waals surface area (Å²) in [6, 6.07) is -6.35. The average Bonchev–Trinajstić information content (AvgIpc) is 0.761. The van der Waals surface area contributed by atoms with Gasteiger partial charge in [-0.2, -0.15) is 0 Å². The minimum absolute atomic E-state index is 0.168. The predicted molar refractivity (Wildman–Crippen MR) is 442 cm³/mol. The number of aliphatic hydroxyl groups is 17. The Bertz CT molecular complexity index is 2870. The zero-order valence-electron chi connectivity index (χ0n) is 73.2. The fourth-order valence-corrected chi connectivity index (χ4v) is 16.9.